The molecule has 0 bridgehead atoms. The lowest BCUT2D eigenvalue weighted by atomic mass is 10.5. The molecule has 62 valence electrons. The SMILES string of the molecule is CS(=O)(=O)OCc1conn1. The van der Waals surface area contributed by atoms with Crippen molar-refractivity contribution in [2.75, 3.05) is 6.26 Å². The highest BCUT2D eigenvalue weighted by Gasteiger charge is 2.04. The van der Waals surface area contributed by atoms with Gasteiger partial charge in [0.15, 0.2) is 0 Å². The minimum absolute atomic E-state index is 0.137. The summed E-state index contributed by atoms with van der Waals surface area (Å²) in [6.07, 6.45) is 2.17. The van der Waals surface area contributed by atoms with E-state index in [1.165, 1.54) is 6.26 Å². The molecule has 0 fully saturated rings. The van der Waals surface area contributed by atoms with Crippen LogP contribution in [-0.2, 0) is 20.9 Å². The van der Waals surface area contributed by atoms with E-state index in [1.807, 2.05) is 0 Å². The van der Waals surface area contributed by atoms with E-state index in [2.05, 4.69) is 19.1 Å². The molecule has 1 rings (SSSR count). The topological polar surface area (TPSA) is 82.3 Å². The van der Waals surface area contributed by atoms with E-state index in [1.54, 1.807) is 0 Å². The van der Waals surface area contributed by atoms with Crippen molar-refractivity contribution in [1.29, 1.82) is 0 Å². The van der Waals surface area contributed by atoms with Crippen molar-refractivity contribution in [2.45, 2.75) is 6.61 Å². The first-order chi connectivity index (χ1) is 5.08. The molecule has 0 aliphatic rings. The molecule has 0 radical (unpaired) electrons. The van der Waals surface area contributed by atoms with Crippen LogP contribution in [0.5, 0.6) is 0 Å². The zero-order valence-electron chi connectivity index (χ0n) is 5.72. The standard InChI is InChI=1S/C4H6N2O4S/c1-11(7,8)10-3-4-2-9-6-5-4/h2H,3H2,1H3. The Bertz CT molecular complexity index is 303. The van der Waals surface area contributed by atoms with Gasteiger partial charge < -0.3 is 4.52 Å². The molecule has 0 saturated carbocycles. The number of hydrogen-bond acceptors (Lipinski definition) is 6. The molecule has 7 heteroatoms. The molecule has 0 aliphatic heterocycles. The van der Waals surface area contributed by atoms with Gasteiger partial charge in [-0.3, -0.25) is 4.18 Å². The molecule has 0 aromatic carbocycles. The molecule has 6 nitrogen and oxygen atoms in total. The van der Waals surface area contributed by atoms with Gasteiger partial charge in [0.2, 0.25) is 0 Å². The monoisotopic (exact) mass is 178 g/mol. The largest absolute Gasteiger partial charge is 0.345 e. The van der Waals surface area contributed by atoms with Crippen LogP contribution in [0.3, 0.4) is 0 Å². The Hall–Kier alpha value is -0.950. The van der Waals surface area contributed by atoms with E-state index in [4.69, 9.17) is 0 Å². The summed E-state index contributed by atoms with van der Waals surface area (Å²) in [7, 11) is -3.41. The van der Waals surface area contributed by atoms with Gasteiger partial charge in [-0.25, -0.2) is 0 Å². The third kappa shape index (κ3) is 3.10. The van der Waals surface area contributed by atoms with Crippen LogP contribution in [0, 0.1) is 0 Å². The molecule has 11 heavy (non-hydrogen) atoms. The minimum atomic E-state index is -3.41. The Labute approximate surface area is 63.3 Å². The van der Waals surface area contributed by atoms with Crippen LogP contribution in [0.15, 0.2) is 10.8 Å². The van der Waals surface area contributed by atoms with E-state index >= 15 is 0 Å². The summed E-state index contributed by atoms with van der Waals surface area (Å²) >= 11 is 0. The van der Waals surface area contributed by atoms with E-state index in [0.29, 0.717) is 5.69 Å². The van der Waals surface area contributed by atoms with E-state index in [9.17, 15) is 8.42 Å². The van der Waals surface area contributed by atoms with E-state index in [-0.39, 0.29) is 6.61 Å². The number of nitrogens with zero attached hydrogens (tertiary/aromatic N) is 2. The number of hydrogen-bond donors (Lipinski definition) is 0. The second-order valence-corrected chi connectivity index (χ2v) is 3.51. The van der Waals surface area contributed by atoms with Crippen molar-refractivity contribution < 1.29 is 17.1 Å². The first-order valence-corrected chi connectivity index (χ1v) is 4.50. The zero-order valence-corrected chi connectivity index (χ0v) is 6.54. The van der Waals surface area contributed by atoms with Crippen LogP contribution < -0.4 is 0 Å². The van der Waals surface area contributed by atoms with Crippen molar-refractivity contribution in [3.05, 3.63) is 12.0 Å². The highest BCUT2D eigenvalue weighted by atomic mass is 32.2. The Morgan fingerprint density at radius 1 is 1.73 bits per heavy atom. The molecule has 0 saturated heterocycles. The van der Waals surface area contributed by atoms with Gasteiger partial charge in [0.25, 0.3) is 10.1 Å². The third-order valence-electron chi connectivity index (χ3n) is 0.826. The maximum atomic E-state index is 10.4. The molecular formula is C4H6N2O4S. The average molecular weight is 178 g/mol. The van der Waals surface area contributed by atoms with Crippen molar-refractivity contribution in [2.24, 2.45) is 0 Å². The summed E-state index contributed by atoms with van der Waals surface area (Å²) in [5.41, 5.74) is 0.343. The third-order valence-corrected chi connectivity index (χ3v) is 1.37. The summed E-state index contributed by atoms with van der Waals surface area (Å²) in [4.78, 5) is 0. The lowest BCUT2D eigenvalue weighted by Gasteiger charge is -1.94. The summed E-state index contributed by atoms with van der Waals surface area (Å²) in [5, 5.41) is 6.54. The fraction of sp³-hybridized carbons (Fsp3) is 0.500. The highest BCUT2D eigenvalue weighted by Crippen LogP contribution is 1.97. The van der Waals surface area contributed by atoms with Crippen LogP contribution in [0.2, 0.25) is 0 Å². The molecule has 0 atom stereocenters. The highest BCUT2D eigenvalue weighted by molar-refractivity contribution is 7.85. The normalized spacial score (nSPS) is 11.7. The van der Waals surface area contributed by atoms with Gasteiger partial charge in [0, 0.05) is 5.27 Å². The summed E-state index contributed by atoms with van der Waals surface area (Å²) in [6.45, 7) is -0.137. The Kier molecular flexibility index (Phi) is 2.20. The molecule has 1 heterocycles. The minimum Gasteiger partial charge on any atom is -0.345 e. The second-order valence-electron chi connectivity index (χ2n) is 1.86. The molecule has 0 spiro atoms. The van der Waals surface area contributed by atoms with E-state index in [0.717, 1.165) is 6.26 Å². The maximum absolute atomic E-state index is 10.4. The van der Waals surface area contributed by atoms with Gasteiger partial charge in [-0.1, -0.05) is 0 Å². The van der Waals surface area contributed by atoms with Crippen LogP contribution in [-0.4, -0.2) is 25.0 Å². The van der Waals surface area contributed by atoms with Crippen molar-refractivity contribution >= 4 is 10.1 Å². The van der Waals surface area contributed by atoms with Gasteiger partial charge in [0.05, 0.1) is 6.26 Å². The molecule has 0 unspecified atom stereocenters. The summed E-state index contributed by atoms with van der Waals surface area (Å²) in [5.74, 6) is 0. The van der Waals surface area contributed by atoms with Crippen LogP contribution in [0.25, 0.3) is 0 Å². The van der Waals surface area contributed by atoms with Crippen LogP contribution in [0.4, 0.5) is 0 Å². The maximum Gasteiger partial charge on any atom is 0.264 e. The predicted octanol–water partition coefficient (Wildman–Crippen LogP) is -0.454. The second kappa shape index (κ2) is 2.97. The van der Waals surface area contributed by atoms with E-state index < -0.39 is 10.1 Å². The fourth-order valence-corrected chi connectivity index (χ4v) is 0.749. The fourth-order valence-electron chi connectivity index (χ4n) is 0.414. The average Bonchev–Trinajstić information content (AvgIpc) is 2.32. The lowest BCUT2D eigenvalue weighted by molar-refractivity contribution is 0.307. The van der Waals surface area contributed by atoms with Gasteiger partial charge in [-0.05, 0) is 0 Å². The van der Waals surface area contributed by atoms with Gasteiger partial charge in [-0.2, -0.15) is 8.42 Å². The molecule has 0 N–H and O–H groups in total. The number of rotatable bonds is 3. The molecule has 1 aromatic heterocycles. The smallest absolute Gasteiger partial charge is 0.264 e. The van der Waals surface area contributed by atoms with Gasteiger partial charge in [-0.15, -0.1) is 5.10 Å². The van der Waals surface area contributed by atoms with Gasteiger partial charge in [0.1, 0.15) is 18.6 Å². The van der Waals surface area contributed by atoms with Crippen molar-refractivity contribution in [3.8, 4) is 0 Å². The Morgan fingerprint density at radius 2 is 2.45 bits per heavy atom. The lowest BCUT2D eigenvalue weighted by Crippen LogP contribution is -2.02. The van der Waals surface area contributed by atoms with Crippen molar-refractivity contribution in [3.63, 3.8) is 0 Å². The zero-order chi connectivity index (χ0) is 8.32. The first kappa shape index (κ1) is 8.15. The first-order valence-electron chi connectivity index (χ1n) is 2.68. The Morgan fingerprint density at radius 3 is 2.91 bits per heavy atom. The molecule has 0 aliphatic carbocycles. The summed E-state index contributed by atoms with van der Waals surface area (Å²) in [6, 6.07) is 0. The summed E-state index contributed by atoms with van der Waals surface area (Å²) < 4.78 is 29.6. The van der Waals surface area contributed by atoms with Crippen LogP contribution >= 0.6 is 0 Å². The van der Waals surface area contributed by atoms with Crippen molar-refractivity contribution in [1.82, 2.24) is 10.4 Å². The number of aromatic nitrogens is 2. The molecule has 1 aromatic rings. The molecule has 0 amide bonds. The molecular weight excluding hydrogens is 172 g/mol. The van der Waals surface area contributed by atoms with Gasteiger partial charge >= 0.3 is 0 Å². The predicted molar refractivity (Wildman–Crippen MR) is 33.9 cm³/mol. The van der Waals surface area contributed by atoms with Crippen LogP contribution in [0.1, 0.15) is 5.69 Å². The Balaban J connectivity index is 2.48. The quantitative estimate of drug-likeness (QED) is 0.583.